The second kappa shape index (κ2) is 10.4. The summed E-state index contributed by atoms with van der Waals surface area (Å²) < 4.78 is 47.1. The monoisotopic (exact) mass is 566 g/mol. The first-order valence-electron chi connectivity index (χ1n) is 10.1. The molecule has 0 atom stereocenters. The van der Waals surface area contributed by atoms with Crippen molar-refractivity contribution in [3.63, 3.8) is 0 Å². The van der Waals surface area contributed by atoms with Gasteiger partial charge in [0.15, 0.2) is 21.7 Å². The predicted octanol–water partition coefficient (Wildman–Crippen LogP) is 6.23. The number of aromatic hydroxyl groups is 1. The quantitative estimate of drug-likeness (QED) is 0.256. The zero-order valence-corrected chi connectivity index (χ0v) is 21.8. The van der Waals surface area contributed by atoms with E-state index < -0.39 is 15.8 Å². The van der Waals surface area contributed by atoms with Gasteiger partial charge < -0.3 is 9.84 Å². The van der Waals surface area contributed by atoms with E-state index in [-0.39, 0.29) is 31.0 Å². The summed E-state index contributed by atoms with van der Waals surface area (Å²) in [5.74, 6) is -0.364. The van der Waals surface area contributed by atoms with Crippen LogP contribution in [0.2, 0.25) is 9.36 Å². The zero-order chi connectivity index (χ0) is 26.0. The van der Waals surface area contributed by atoms with Crippen molar-refractivity contribution in [3.8, 4) is 22.8 Å². The minimum Gasteiger partial charge on any atom is -0.504 e. The van der Waals surface area contributed by atoms with Crippen LogP contribution in [-0.4, -0.2) is 36.8 Å². The first-order valence-corrected chi connectivity index (χ1v) is 13.2. The van der Waals surface area contributed by atoms with Crippen LogP contribution in [0.1, 0.15) is 11.1 Å². The number of methoxy groups -OCH3 is 1. The fourth-order valence-electron chi connectivity index (χ4n) is 3.18. The van der Waals surface area contributed by atoms with Crippen molar-refractivity contribution in [2.45, 2.75) is 11.9 Å². The van der Waals surface area contributed by atoms with Crippen molar-refractivity contribution >= 4 is 61.6 Å². The van der Waals surface area contributed by atoms with Crippen LogP contribution >= 0.6 is 34.5 Å². The number of hydrogen-bond acceptors (Lipinski definition) is 8. The van der Waals surface area contributed by atoms with Crippen molar-refractivity contribution in [3.05, 3.63) is 75.0 Å². The lowest BCUT2D eigenvalue weighted by atomic mass is 10.2. The second-order valence-corrected chi connectivity index (χ2v) is 11.0. The highest BCUT2D eigenvalue weighted by Gasteiger charge is 2.22. The molecule has 0 saturated heterocycles. The molecule has 4 aromatic rings. The largest absolute Gasteiger partial charge is 0.504 e. The number of pyridine rings is 1. The summed E-state index contributed by atoms with van der Waals surface area (Å²) in [4.78, 5) is 12.5. The number of rotatable bonds is 7. The first kappa shape index (κ1) is 25.8. The van der Waals surface area contributed by atoms with Crippen LogP contribution in [0.25, 0.3) is 11.3 Å². The van der Waals surface area contributed by atoms with E-state index in [0.717, 1.165) is 11.3 Å². The van der Waals surface area contributed by atoms with Gasteiger partial charge in [-0.15, -0.1) is 0 Å². The number of nitrogens with one attached hydrogen (secondary N) is 1. The Bertz CT molecular complexity index is 1590. The number of nitrogens with zero attached hydrogens (tertiary/aromatic N) is 3. The van der Waals surface area contributed by atoms with Gasteiger partial charge in [-0.3, -0.25) is 9.71 Å². The molecule has 0 fully saturated rings. The molecule has 0 bridgehead atoms. The number of halogens is 3. The normalized spacial score (nSPS) is 11.7. The van der Waals surface area contributed by atoms with Gasteiger partial charge >= 0.3 is 0 Å². The molecule has 2 heterocycles. The van der Waals surface area contributed by atoms with E-state index >= 15 is 0 Å². The Morgan fingerprint density at radius 3 is 2.69 bits per heavy atom. The second-order valence-electron chi connectivity index (χ2n) is 7.35. The molecular weight excluding hydrogens is 550 g/mol. The Labute approximate surface area is 220 Å². The lowest BCUT2D eigenvalue weighted by molar-refractivity contribution is 0.373. The fourth-order valence-corrected chi connectivity index (χ4v) is 5.84. The Morgan fingerprint density at radius 2 is 2.00 bits per heavy atom. The van der Waals surface area contributed by atoms with E-state index in [1.54, 1.807) is 25.1 Å². The van der Waals surface area contributed by atoms with Gasteiger partial charge in [-0.1, -0.05) is 40.6 Å². The average molecular weight is 567 g/mol. The molecule has 0 aliphatic carbocycles. The Hall–Kier alpha value is -3.25. The molecule has 0 saturated carbocycles. The number of thiazole rings is 1. The van der Waals surface area contributed by atoms with Crippen LogP contribution < -0.4 is 9.46 Å². The van der Waals surface area contributed by atoms with Crippen LogP contribution in [0, 0.1) is 12.7 Å². The fraction of sp³-hybridized carbons (Fsp3) is 0.0870. The molecule has 13 heteroatoms. The topological polar surface area (TPSA) is 114 Å². The SMILES string of the molecule is COc1cccc(C=Nc2cnc(S(=O)(=O)Nc3nc(-c4ccc(F)c(Cl)c4)c(Cl)s3)c(C)c2)c1O. The van der Waals surface area contributed by atoms with E-state index in [9.17, 15) is 17.9 Å². The number of anilines is 1. The molecule has 2 aromatic heterocycles. The number of phenolic OH excluding ortho intramolecular Hbond substituents is 1. The molecule has 0 amide bonds. The van der Waals surface area contributed by atoms with E-state index in [4.69, 9.17) is 27.9 Å². The maximum Gasteiger partial charge on any atom is 0.281 e. The molecule has 2 N–H and O–H groups in total. The van der Waals surface area contributed by atoms with Gasteiger partial charge in [0.25, 0.3) is 10.0 Å². The summed E-state index contributed by atoms with van der Waals surface area (Å²) in [5, 5.41) is 9.85. The van der Waals surface area contributed by atoms with Gasteiger partial charge in [0.2, 0.25) is 0 Å². The Balaban J connectivity index is 1.56. The van der Waals surface area contributed by atoms with Gasteiger partial charge in [0.1, 0.15) is 15.8 Å². The number of hydrogen-bond donors (Lipinski definition) is 2. The smallest absolute Gasteiger partial charge is 0.281 e. The maximum atomic E-state index is 13.5. The van der Waals surface area contributed by atoms with Gasteiger partial charge in [0.05, 0.1) is 24.0 Å². The minimum absolute atomic E-state index is 0.00671. The molecule has 2 aromatic carbocycles. The summed E-state index contributed by atoms with van der Waals surface area (Å²) in [7, 11) is -2.67. The molecule has 0 aliphatic heterocycles. The first-order chi connectivity index (χ1) is 17.1. The summed E-state index contributed by atoms with van der Waals surface area (Å²) in [6.45, 7) is 1.57. The van der Waals surface area contributed by atoms with Gasteiger partial charge in [-0.05, 0) is 48.9 Å². The van der Waals surface area contributed by atoms with Crippen LogP contribution in [0.3, 0.4) is 0 Å². The number of aryl methyl sites for hydroxylation is 1. The Kier molecular flexibility index (Phi) is 7.46. The third kappa shape index (κ3) is 5.44. The molecular formula is C23H17Cl2FN4O4S2. The van der Waals surface area contributed by atoms with Gasteiger partial charge in [0, 0.05) is 17.3 Å². The van der Waals surface area contributed by atoms with Crippen LogP contribution in [-0.2, 0) is 10.0 Å². The molecule has 0 radical (unpaired) electrons. The van der Waals surface area contributed by atoms with Crippen molar-refractivity contribution in [1.29, 1.82) is 0 Å². The third-order valence-electron chi connectivity index (χ3n) is 4.87. The molecule has 4 rings (SSSR count). The Morgan fingerprint density at radius 1 is 1.22 bits per heavy atom. The summed E-state index contributed by atoms with van der Waals surface area (Å²) in [5.41, 5.74) is 1.83. The van der Waals surface area contributed by atoms with Gasteiger partial charge in [-0.25, -0.2) is 14.4 Å². The summed E-state index contributed by atoms with van der Waals surface area (Å²) in [6, 6.07) is 10.5. The van der Waals surface area contributed by atoms with Crippen LogP contribution in [0.15, 0.2) is 58.7 Å². The molecule has 186 valence electrons. The number of ether oxygens (including phenoxy) is 1. The minimum atomic E-state index is -4.11. The van der Waals surface area contributed by atoms with E-state index in [1.807, 2.05) is 0 Å². The van der Waals surface area contributed by atoms with Crippen molar-refractivity contribution < 1.29 is 22.7 Å². The van der Waals surface area contributed by atoms with Crippen LogP contribution in [0.4, 0.5) is 15.2 Å². The summed E-state index contributed by atoms with van der Waals surface area (Å²) in [6.07, 6.45) is 2.71. The lowest BCUT2D eigenvalue weighted by Crippen LogP contribution is -2.15. The number of para-hydroxylation sites is 1. The van der Waals surface area contributed by atoms with E-state index in [0.29, 0.717) is 28.1 Å². The highest BCUT2D eigenvalue weighted by atomic mass is 35.5. The lowest BCUT2D eigenvalue weighted by Gasteiger charge is -2.08. The standard InChI is InChI=1S/C23H17Cl2FN4O4S2/c1-12-8-15(27-10-14-4-3-5-18(34-2)20(14)31)11-28-22(12)36(32,33)30-23-29-19(21(25)35-23)13-6-7-17(26)16(24)9-13/h3-11,31H,1-2H3,(H,29,30). The third-order valence-corrected chi connectivity index (χ3v) is 7.86. The maximum absolute atomic E-state index is 13.5. The van der Waals surface area contributed by atoms with E-state index in [2.05, 4.69) is 19.7 Å². The molecule has 0 spiro atoms. The molecule has 36 heavy (non-hydrogen) atoms. The van der Waals surface area contributed by atoms with Gasteiger partial charge in [-0.2, -0.15) is 8.42 Å². The molecule has 0 aliphatic rings. The summed E-state index contributed by atoms with van der Waals surface area (Å²) >= 11 is 13.0. The molecule has 8 nitrogen and oxygen atoms in total. The van der Waals surface area contributed by atoms with Crippen molar-refractivity contribution in [1.82, 2.24) is 9.97 Å². The highest BCUT2D eigenvalue weighted by Crippen LogP contribution is 2.37. The van der Waals surface area contributed by atoms with Crippen LogP contribution in [0.5, 0.6) is 11.5 Å². The molecule has 0 unspecified atom stereocenters. The van der Waals surface area contributed by atoms with Crippen molar-refractivity contribution in [2.24, 2.45) is 4.99 Å². The predicted molar refractivity (Wildman–Crippen MR) is 139 cm³/mol. The number of aromatic nitrogens is 2. The number of benzene rings is 2. The average Bonchev–Trinajstić information content (AvgIpc) is 3.19. The van der Waals surface area contributed by atoms with Crippen molar-refractivity contribution in [2.75, 3.05) is 11.8 Å². The number of sulfonamides is 1. The number of phenols is 1. The zero-order valence-electron chi connectivity index (χ0n) is 18.7. The highest BCUT2D eigenvalue weighted by molar-refractivity contribution is 7.92. The number of aliphatic imine (C=N–C) groups is 1. The van der Waals surface area contributed by atoms with E-state index in [1.165, 1.54) is 43.8 Å².